The number of hydrogen-bond donors (Lipinski definition) is 1. The molecule has 0 bridgehead atoms. The van der Waals surface area contributed by atoms with Gasteiger partial charge in [-0.2, -0.15) is 0 Å². The van der Waals surface area contributed by atoms with E-state index in [0.717, 1.165) is 16.1 Å². The van der Waals surface area contributed by atoms with Gasteiger partial charge in [-0.05, 0) is 50.5 Å². The lowest BCUT2D eigenvalue weighted by atomic mass is 10.0. The minimum absolute atomic E-state index is 0.160. The molecule has 0 saturated carbocycles. The number of anilines is 1. The van der Waals surface area contributed by atoms with Crippen LogP contribution in [0.2, 0.25) is 0 Å². The van der Waals surface area contributed by atoms with Crippen LogP contribution in [0.15, 0.2) is 48.5 Å². The molecule has 2 aromatic rings. The summed E-state index contributed by atoms with van der Waals surface area (Å²) in [5, 5.41) is 2.75. The molecule has 0 aliphatic rings. The summed E-state index contributed by atoms with van der Waals surface area (Å²) in [6.45, 7) is 8.47. The smallest absolute Gasteiger partial charge is 0.244 e. The van der Waals surface area contributed by atoms with Crippen LogP contribution in [0.3, 0.4) is 0 Å². The maximum atomic E-state index is 14.4. The molecule has 2 aromatic carbocycles. The van der Waals surface area contributed by atoms with Crippen LogP contribution in [0.25, 0.3) is 0 Å². The number of sulfonamides is 1. The number of hydrogen-bond acceptors (Lipinski definition) is 4. The Bertz CT molecular complexity index is 1100. The molecule has 0 spiro atoms. The molecule has 34 heavy (non-hydrogen) atoms. The van der Waals surface area contributed by atoms with Gasteiger partial charge in [0.2, 0.25) is 21.8 Å². The first-order chi connectivity index (χ1) is 15.8. The maximum absolute atomic E-state index is 14.4. The molecule has 2 amide bonds. The monoisotopic (exact) mass is 491 g/mol. The van der Waals surface area contributed by atoms with Crippen molar-refractivity contribution >= 4 is 27.5 Å². The summed E-state index contributed by atoms with van der Waals surface area (Å²) in [7, 11) is -3.81. The van der Waals surface area contributed by atoms with E-state index in [4.69, 9.17) is 0 Å². The molecule has 1 N–H and O–H groups in total. The second-order valence-electron chi connectivity index (χ2n) is 8.97. The summed E-state index contributed by atoms with van der Waals surface area (Å²) in [6, 6.07) is 11.8. The van der Waals surface area contributed by atoms with E-state index in [-0.39, 0.29) is 24.1 Å². The standard InChI is InChI=1S/C25H34FN3O4S/c1-17(2)20-11-13-22(14-12-20)29(34(6,32)33)16-24(30)28(19(5)25(31)27-18(3)4)15-21-9-7-8-10-23(21)26/h7-14,17-19H,15-16H2,1-6H3,(H,27,31)/t19-/m0/s1. The molecular weight excluding hydrogens is 457 g/mol. The Morgan fingerprint density at radius 2 is 1.56 bits per heavy atom. The van der Waals surface area contributed by atoms with Gasteiger partial charge < -0.3 is 10.2 Å². The predicted molar refractivity (Wildman–Crippen MR) is 132 cm³/mol. The number of nitrogens with one attached hydrogen (secondary N) is 1. The first-order valence-electron chi connectivity index (χ1n) is 11.2. The number of carbonyl (C=O) groups is 2. The van der Waals surface area contributed by atoms with Crippen molar-refractivity contribution in [2.24, 2.45) is 0 Å². The van der Waals surface area contributed by atoms with E-state index in [1.807, 2.05) is 26.0 Å². The van der Waals surface area contributed by atoms with Crippen LogP contribution in [-0.2, 0) is 26.2 Å². The Morgan fingerprint density at radius 3 is 2.06 bits per heavy atom. The van der Waals surface area contributed by atoms with E-state index < -0.39 is 40.2 Å². The summed E-state index contributed by atoms with van der Waals surface area (Å²) in [5.41, 5.74) is 1.60. The normalized spacial score (nSPS) is 12.5. The van der Waals surface area contributed by atoms with Crippen LogP contribution < -0.4 is 9.62 Å². The van der Waals surface area contributed by atoms with Crippen LogP contribution in [0, 0.1) is 5.82 Å². The summed E-state index contributed by atoms with van der Waals surface area (Å²) in [6.07, 6.45) is 1.02. The maximum Gasteiger partial charge on any atom is 0.244 e. The molecule has 9 heteroatoms. The van der Waals surface area contributed by atoms with Gasteiger partial charge in [0.25, 0.3) is 0 Å². The first-order valence-corrected chi connectivity index (χ1v) is 13.1. The molecule has 1 atom stereocenters. The molecule has 186 valence electrons. The van der Waals surface area contributed by atoms with Gasteiger partial charge in [0.1, 0.15) is 18.4 Å². The number of halogens is 1. The molecule has 0 saturated heterocycles. The highest BCUT2D eigenvalue weighted by molar-refractivity contribution is 7.92. The fraction of sp³-hybridized carbons (Fsp3) is 0.440. The summed E-state index contributed by atoms with van der Waals surface area (Å²) in [4.78, 5) is 27.3. The number of nitrogens with zero attached hydrogens (tertiary/aromatic N) is 2. The van der Waals surface area contributed by atoms with Crippen LogP contribution in [0.1, 0.15) is 51.7 Å². The number of amides is 2. The first kappa shape index (κ1) is 27.3. The molecule has 0 heterocycles. The molecule has 0 aliphatic heterocycles. The summed E-state index contributed by atoms with van der Waals surface area (Å²) < 4.78 is 40.5. The van der Waals surface area contributed by atoms with Crippen LogP contribution in [0.5, 0.6) is 0 Å². The number of benzene rings is 2. The van der Waals surface area contributed by atoms with Crippen LogP contribution >= 0.6 is 0 Å². The van der Waals surface area contributed by atoms with Crippen LogP contribution in [0.4, 0.5) is 10.1 Å². The Labute approximate surface area is 202 Å². The van der Waals surface area contributed by atoms with E-state index >= 15 is 0 Å². The largest absolute Gasteiger partial charge is 0.352 e. The van der Waals surface area contributed by atoms with E-state index in [9.17, 15) is 22.4 Å². The van der Waals surface area contributed by atoms with Crippen molar-refractivity contribution in [1.82, 2.24) is 10.2 Å². The van der Waals surface area contributed by atoms with Gasteiger partial charge >= 0.3 is 0 Å². The van der Waals surface area contributed by atoms with Crippen molar-refractivity contribution < 1.29 is 22.4 Å². The minimum Gasteiger partial charge on any atom is -0.352 e. The SMILES string of the molecule is CC(C)NC(=O)[C@H](C)N(Cc1ccccc1F)C(=O)CN(c1ccc(C(C)C)cc1)S(C)(=O)=O. The highest BCUT2D eigenvalue weighted by Crippen LogP contribution is 2.23. The van der Waals surface area contributed by atoms with Gasteiger partial charge in [0, 0.05) is 18.2 Å². The second-order valence-corrected chi connectivity index (χ2v) is 10.9. The van der Waals surface area contributed by atoms with E-state index in [1.165, 1.54) is 23.1 Å². The highest BCUT2D eigenvalue weighted by atomic mass is 32.2. The third-order valence-corrected chi connectivity index (χ3v) is 6.56. The van der Waals surface area contributed by atoms with Gasteiger partial charge in [-0.25, -0.2) is 12.8 Å². The van der Waals surface area contributed by atoms with Gasteiger partial charge in [-0.1, -0.05) is 44.2 Å². The minimum atomic E-state index is -3.81. The number of carbonyl (C=O) groups excluding carboxylic acids is 2. The summed E-state index contributed by atoms with van der Waals surface area (Å²) >= 11 is 0. The van der Waals surface area contributed by atoms with Gasteiger partial charge in [-0.3, -0.25) is 13.9 Å². The van der Waals surface area contributed by atoms with Gasteiger partial charge in [0.15, 0.2) is 0 Å². The summed E-state index contributed by atoms with van der Waals surface area (Å²) in [5.74, 6) is -1.28. The molecule has 0 aromatic heterocycles. The molecule has 0 fully saturated rings. The Kier molecular flexibility index (Phi) is 9.21. The van der Waals surface area contributed by atoms with Crippen LogP contribution in [-0.4, -0.2) is 50.0 Å². The zero-order valence-electron chi connectivity index (χ0n) is 20.6. The average Bonchev–Trinajstić information content (AvgIpc) is 2.75. The third-order valence-electron chi connectivity index (χ3n) is 5.42. The Hall–Kier alpha value is -2.94. The molecule has 0 aliphatic carbocycles. The van der Waals surface area contributed by atoms with E-state index in [1.54, 1.807) is 39.0 Å². The van der Waals surface area contributed by atoms with E-state index in [0.29, 0.717) is 5.69 Å². The quantitative estimate of drug-likeness (QED) is 0.550. The fourth-order valence-electron chi connectivity index (χ4n) is 3.44. The van der Waals surface area contributed by atoms with Crippen molar-refractivity contribution in [1.29, 1.82) is 0 Å². The van der Waals surface area contributed by atoms with Crippen molar-refractivity contribution in [2.45, 2.75) is 59.2 Å². The van der Waals surface area contributed by atoms with E-state index in [2.05, 4.69) is 5.32 Å². The average molecular weight is 492 g/mol. The lowest BCUT2D eigenvalue weighted by Gasteiger charge is -2.32. The Morgan fingerprint density at radius 1 is 0.971 bits per heavy atom. The zero-order valence-corrected chi connectivity index (χ0v) is 21.4. The molecule has 2 rings (SSSR count). The zero-order chi connectivity index (χ0) is 25.6. The van der Waals surface area contributed by atoms with Crippen molar-refractivity contribution in [3.05, 3.63) is 65.5 Å². The van der Waals surface area contributed by atoms with Gasteiger partial charge in [-0.15, -0.1) is 0 Å². The predicted octanol–water partition coefficient (Wildman–Crippen LogP) is 3.66. The van der Waals surface area contributed by atoms with Crippen molar-refractivity contribution in [3.63, 3.8) is 0 Å². The lowest BCUT2D eigenvalue weighted by Crippen LogP contribution is -2.52. The lowest BCUT2D eigenvalue weighted by molar-refractivity contribution is -0.139. The van der Waals surface area contributed by atoms with Crippen molar-refractivity contribution in [3.8, 4) is 0 Å². The topological polar surface area (TPSA) is 86.8 Å². The number of rotatable bonds is 10. The highest BCUT2D eigenvalue weighted by Gasteiger charge is 2.30. The second kappa shape index (κ2) is 11.5. The van der Waals surface area contributed by atoms with Crippen molar-refractivity contribution in [2.75, 3.05) is 17.1 Å². The van der Waals surface area contributed by atoms with Gasteiger partial charge in [0.05, 0.1) is 11.9 Å². The molecule has 7 nitrogen and oxygen atoms in total. The third kappa shape index (κ3) is 7.28. The molecule has 0 unspecified atom stereocenters. The molecular formula is C25H34FN3O4S. The Balaban J connectivity index is 2.40. The fourth-order valence-corrected chi connectivity index (χ4v) is 4.29. The molecule has 0 radical (unpaired) electrons.